The summed E-state index contributed by atoms with van der Waals surface area (Å²) in [4.78, 5) is 12.3. The van der Waals surface area contributed by atoms with Crippen LogP contribution in [-0.2, 0) is 9.53 Å². The van der Waals surface area contributed by atoms with Crippen LogP contribution in [0, 0.1) is 11.8 Å². The fourth-order valence-corrected chi connectivity index (χ4v) is 3.65. The summed E-state index contributed by atoms with van der Waals surface area (Å²) < 4.78 is 5.06. The van der Waals surface area contributed by atoms with Gasteiger partial charge in [-0.05, 0) is 59.8 Å². The van der Waals surface area contributed by atoms with Gasteiger partial charge in [0.15, 0.2) is 5.76 Å². The van der Waals surface area contributed by atoms with Gasteiger partial charge in [-0.15, -0.1) is 0 Å². The molecule has 1 N–H and O–H groups in total. The van der Waals surface area contributed by atoms with Crippen molar-refractivity contribution in [1.29, 1.82) is 0 Å². The Balaban J connectivity index is 2.58. The number of rotatable bonds is 9. The zero-order valence-corrected chi connectivity index (χ0v) is 18.4. The van der Waals surface area contributed by atoms with Crippen molar-refractivity contribution >= 4 is 17.4 Å². The van der Waals surface area contributed by atoms with E-state index in [0.29, 0.717) is 6.42 Å². The van der Waals surface area contributed by atoms with Gasteiger partial charge in [0.25, 0.3) is 0 Å². The van der Waals surface area contributed by atoms with E-state index in [1.165, 1.54) is 23.8 Å². The molecule has 3 nitrogen and oxygen atoms in total. The van der Waals surface area contributed by atoms with Crippen molar-refractivity contribution in [3.8, 4) is 0 Å². The number of hydrogen-bond acceptors (Lipinski definition) is 3. The molecular formula is C23H35ClO3. The lowest BCUT2D eigenvalue weighted by molar-refractivity contribution is -0.126. The molecule has 0 bridgehead atoms. The molecule has 3 atom stereocenters. The van der Waals surface area contributed by atoms with Crippen molar-refractivity contribution in [2.75, 3.05) is 7.11 Å². The quantitative estimate of drug-likeness (QED) is 0.481. The summed E-state index contributed by atoms with van der Waals surface area (Å²) in [5, 5.41) is 10.6. The predicted molar refractivity (Wildman–Crippen MR) is 114 cm³/mol. The lowest BCUT2D eigenvalue weighted by Gasteiger charge is -2.32. The van der Waals surface area contributed by atoms with Crippen molar-refractivity contribution in [2.45, 2.75) is 72.8 Å². The fourth-order valence-electron chi connectivity index (χ4n) is 3.32. The lowest BCUT2D eigenvalue weighted by atomic mass is 9.78. The Morgan fingerprint density at radius 2 is 1.63 bits per heavy atom. The monoisotopic (exact) mass is 394 g/mol. The molecule has 0 fully saturated rings. The van der Waals surface area contributed by atoms with Gasteiger partial charge in [0, 0.05) is 11.8 Å². The number of ether oxygens (including phenoxy) is 1. The van der Waals surface area contributed by atoms with Gasteiger partial charge in [-0.1, -0.05) is 53.5 Å². The van der Waals surface area contributed by atoms with E-state index in [9.17, 15) is 9.90 Å². The number of carbonyl (C=O) groups excluding carboxylic acids is 1. The number of aliphatic hydroxyl groups is 1. The van der Waals surface area contributed by atoms with Gasteiger partial charge in [-0.3, -0.25) is 4.79 Å². The Labute approximate surface area is 169 Å². The Hall–Kier alpha value is -1.32. The molecule has 0 saturated carbocycles. The molecule has 0 amide bonds. The molecule has 0 aromatic heterocycles. The number of halogens is 1. The van der Waals surface area contributed by atoms with Gasteiger partial charge in [-0.25, -0.2) is 0 Å². The van der Waals surface area contributed by atoms with Gasteiger partial charge in [0.1, 0.15) is 0 Å². The summed E-state index contributed by atoms with van der Waals surface area (Å²) in [6, 6.07) is 0. The number of ketones is 1. The summed E-state index contributed by atoms with van der Waals surface area (Å²) in [5.74, 6) is -0.542. The molecule has 3 unspecified atom stereocenters. The molecule has 1 aliphatic carbocycles. The molecule has 0 aliphatic heterocycles. The molecule has 0 heterocycles. The molecule has 0 saturated heterocycles. The largest absolute Gasteiger partial charge is 0.492 e. The molecule has 0 radical (unpaired) electrons. The van der Waals surface area contributed by atoms with Crippen LogP contribution in [0.4, 0.5) is 0 Å². The zero-order chi connectivity index (χ0) is 20.6. The van der Waals surface area contributed by atoms with E-state index >= 15 is 0 Å². The van der Waals surface area contributed by atoms with Crippen LogP contribution in [0.2, 0.25) is 0 Å². The van der Waals surface area contributed by atoms with Crippen molar-refractivity contribution in [3.05, 3.63) is 45.7 Å². The smallest absolute Gasteiger partial charge is 0.201 e. The molecule has 1 rings (SSSR count). The average Bonchev–Trinajstić information content (AvgIpc) is 2.60. The number of Topliss-reactive ketones (excluding diaryl/α,β-unsaturated/α-hetero) is 1. The van der Waals surface area contributed by atoms with Crippen LogP contribution < -0.4 is 0 Å². The van der Waals surface area contributed by atoms with E-state index in [0.717, 1.165) is 25.7 Å². The molecule has 0 aromatic rings. The summed E-state index contributed by atoms with van der Waals surface area (Å²) in [6.45, 7) is 10.4. The van der Waals surface area contributed by atoms with Crippen molar-refractivity contribution in [3.63, 3.8) is 0 Å². The summed E-state index contributed by atoms with van der Waals surface area (Å²) in [5.41, 5.74) is 4.06. The minimum Gasteiger partial charge on any atom is -0.492 e. The maximum atomic E-state index is 12.3. The van der Waals surface area contributed by atoms with E-state index in [4.69, 9.17) is 16.3 Å². The number of allylic oxidation sites excluding steroid dienone is 7. The van der Waals surface area contributed by atoms with E-state index in [2.05, 4.69) is 45.9 Å². The van der Waals surface area contributed by atoms with Crippen molar-refractivity contribution in [1.82, 2.24) is 0 Å². The Kier molecular flexibility index (Phi) is 10.1. The fraction of sp³-hybridized carbons (Fsp3) is 0.609. The number of hydrogen-bond donors (Lipinski definition) is 1. The van der Waals surface area contributed by atoms with Crippen LogP contribution in [0.3, 0.4) is 0 Å². The molecular weight excluding hydrogens is 360 g/mol. The lowest BCUT2D eigenvalue weighted by Crippen LogP contribution is -2.38. The SMILES string of the molecule is COC1=C(Cl)C(O)C(C/C=C(\C)CC/C=C(\C)CCC=C(C)C)C(C)C1=O. The first-order valence-electron chi connectivity index (χ1n) is 9.79. The Morgan fingerprint density at radius 1 is 1.07 bits per heavy atom. The maximum absolute atomic E-state index is 12.3. The minimum atomic E-state index is -0.851. The summed E-state index contributed by atoms with van der Waals surface area (Å²) in [7, 11) is 1.41. The summed E-state index contributed by atoms with van der Waals surface area (Å²) >= 11 is 6.13. The third kappa shape index (κ3) is 7.31. The first-order valence-corrected chi connectivity index (χ1v) is 10.2. The first kappa shape index (κ1) is 23.7. The van der Waals surface area contributed by atoms with Gasteiger partial charge in [-0.2, -0.15) is 0 Å². The molecule has 0 spiro atoms. The highest BCUT2D eigenvalue weighted by Crippen LogP contribution is 2.36. The first-order chi connectivity index (χ1) is 12.7. The van der Waals surface area contributed by atoms with Crippen LogP contribution in [0.15, 0.2) is 45.7 Å². The van der Waals surface area contributed by atoms with Crippen LogP contribution in [-0.4, -0.2) is 24.1 Å². The zero-order valence-electron chi connectivity index (χ0n) is 17.6. The third-order valence-corrected chi connectivity index (χ3v) is 5.62. The molecule has 27 heavy (non-hydrogen) atoms. The Morgan fingerprint density at radius 3 is 2.19 bits per heavy atom. The predicted octanol–water partition coefficient (Wildman–Crippen LogP) is 6.09. The number of aliphatic hydroxyl groups excluding tert-OH is 1. The van der Waals surface area contributed by atoms with Crippen molar-refractivity contribution in [2.24, 2.45) is 11.8 Å². The molecule has 1 aliphatic rings. The topological polar surface area (TPSA) is 46.5 Å². The van der Waals surface area contributed by atoms with Gasteiger partial charge in [0.2, 0.25) is 5.78 Å². The molecule has 4 heteroatoms. The van der Waals surface area contributed by atoms with E-state index < -0.39 is 6.10 Å². The second-order valence-corrected chi connectivity index (χ2v) is 8.25. The average molecular weight is 395 g/mol. The Bertz CT molecular complexity index is 636. The maximum Gasteiger partial charge on any atom is 0.201 e. The number of carbonyl (C=O) groups is 1. The van der Waals surface area contributed by atoms with Gasteiger partial charge >= 0.3 is 0 Å². The molecule has 152 valence electrons. The van der Waals surface area contributed by atoms with E-state index in [-0.39, 0.29) is 28.4 Å². The minimum absolute atomic E-state index is 0.0994. The van der Waals surface area contributed by atoms with Gasteiger partial charge < -0.3 is 9.84 Å². The highest BCUT2D eigenvalue weighted by atomic mass is 35.5. The van der Waals surface area contributed by atoms with Crippen LogP contribution in [0.25, 0.3) is 0 Å². The molecule has 0 aromatic carbocycles. The van der Waals surface area contributed by atoms with Crippen LogP contribution in [0.1, 0.15) is 66.7 Å². The highest BCUT2D eigenvalue weighted by molar-refractivity contribution is 6.32. The number of methoxy groups -OCH3 is 1. The highest BCUT2D eigenvalue weighted by Gasteiger charge is 2.40. The van der Waals surface area contributed by atoms with E-state index in [1.54, 1.807) is 0 Å². The second kappa shape index (κ2) is 11.5. The summed E-state index contributed by atoms with van der Waals surface area (Å²) in [6.07, 6.45) is 10.7. The van der Waals surface area contributed by atoms with E-state index in [1.807, 2.05) is 6.92 Å². The van der Waals surface area contributed by atoms with Crippen LogP contribution >= 0.6 is 11.6 Å². The van der Waals surface area contributed by atoms with Gasteiger partial charge in [0.05, 0.1) is 18.2 Å². The standard InChI is InChI=1S/C23H35ClO3/c1-15(2)9-7-10-16(3)11-8-12-17(4)13-14-19-18(5)21(25)23(27-6)20(24)22(19)26/h9,11,13,18-19,22,26H,7-8,10,12,14H2,1-6H3/b16-11+,17-13+. The van der Waals surface area contributed by atoms with Crippen LogP contribution in [0.5, 0.6) is 0 Å². The third-order valence-electron chi connectivity index (χ3n) is 5.23. The normalized spacial score (nSPS) is 24.3. The van der Waals surface area contributed by atoms with Crippen molar-refractivity contribution < 1.29 is 14.6 Å². The second-order valence-electron chi connectivity index (χ2n) is 7.84.